The quantitative estimate of drug-likeness (QED) is 0.660. The van der Waals surface area contributed by atoms with Crippen LogP contribution in [0.2, 0.25) is 0 Å². The standard InChI is InChI=1S/C26H29N3O2/c30-23(25-19-6-1-2-8-21(19)29-16-13-27-12-11-22(25)29)17-31-24-10-9-18-5-3-14-28-15-4-7-20(24)26(18)28/h1-2,6,8-10,27H,3-5,7,11-17H2. The van der Waals surface area contributed by atoms with Crippen LogP contribution in [0.1, 0.15) is 40.0 Å². The van der Waals surface area contributed by atoms with Crippen molar-refractivity contribution in [2.45, 2.75) is 38.6 Å². The molecular formula is C26H29N3O2. The Labute approximate surface area is 183 Å². The lowest BCUT2D eigenvalue weighted by Gasteiger charge is -2.37. The minimum Gasteiger partial charge on any atom is -0.485 e. The van der Waals surface area contributed by atoms with Gasteiger partial charge >= 0.3 is 0 Å². The van der Waals surface area contributed by atoms with Crippen LogP contribution in [-0.2, 0) is 25.8 Å². The molecule has 160 valence electrons. The highest BCUT2D eigenvalue weighted by Crippen LogP contribution is 2.40. The van der Waals surface area contributed by atoms with E-state index in [1.807, 2.05) is 6.07 Å². The molecule has 0 fully saturated rings. The molecule has 0 radical (unpaired) electrons. The van der Waals surface area contributed by atoms with Crippen LogP contribution < -0.4 is 15.0 Å². The second kappa shape index (κ2) is 7.72. The van der Waals surface area contributed by atoms with E-state index in [9.17, 15) is 4.79 Å². The highest BCUT2D eigenvalue weighted by atomic mass is 16.5. The van der Waals surface area contributed by atoms with Crippen molar-refractivity contribution in [2.24, 2.45) is 0 Å². The molecule has 3 aliphatic heterocycles. The highest BCUT2D eigenvalue weighted by Gasteiger charge is 2.27. The first-order chi connectivity index (χ1) is 15.3. The minimum atomic E-state index is 0.0874. The van der Waals surface area contributed by atoms with E-state index in [2.05, 4.69) is 45.1 Å². The van der Waals surface area contributed by atoms with E-state index in [0.717, 1.165) is 86.3 Å². The number of anilines is 1. The Balaban J connectivity index is 1.32. The molecule has 0 bridgehead atoms. The van der Waals surface area contributed by atoms with Crippen LogP contribution in [-0.4, -0.2) is 43.1 Å². The number of ether oxygens (including phenoxy) is 1. The highest BCUT2D eigenvalue weighted by molar-refractivity contribution is 6.10. The van der Waals surface area contributed by atoms with Crippen molar-refractivity contribution in [1.82, 2.24) is 9.88 Å². The minimum absolute atomic E-state index is 0.0874. The Hall–Kier alpha value is -2.79. The van der Waals surface area contributed by atoms with Crippen LogP contribution in [0, 0.1) is 0 Å². The topological polar surface area (TPSA) is 46.5 Å². The number of hydrogen-bond donors (Lipinski definition) is 1. The third-order valence-corrected chi connectivity index (χ3v) is 7.14. The van der Waals surface area contributed by atoms with Gasteiger partial charge < -0.3 is 19.5 Å². The Morgan fingerprint density at radius 3 is 2.77 bits per heavy atom. The SMILES string of the molecule is O=C(COc1ccc2c3c1CCCN3CCC2)c1c2n(c3ccccc13)CCNCC2. The van der Waals surface area contributed by atoms with Gasteiger partial charge in [-0.3, -0.25) is 4.79 Å². The molecule has 3 aliphatic rings. The molecule has 0 aliphatic carbocycles. The Kier molecular flexibility index (Phi) is 4.72. The van der Waals surface area contributed by atoms with Gasteiger partial charge in [-0.25, -0.2) is 0 Å². The molecule has 0 saturated heterocycles. The molecule has 2 aromatic carbocycles. The number of carbonyl (C=O) groups excluding carboxylic acids is 1. The lowest BCUT2D eigenvalue weighted by Crippen LogP contribution is -2.34. The second-order valence-electron chi connectivity index (χ2n) is 8.95. The van der Waals surface area contributed by atoms with Crippen molar-refractivity contribution < 1.29 is 9.53 Å². The maximum atomic E-state index is 13.5. The maximum absolute atomic E-state index is 13.5. The number of carbonyl (C=O) groups is 1. The zero-order chi connectivity index (χ0) is 20.8. The molecule has 0 saturated carbocycles. The Morgan fingerprint density at radius 2 is 1.84 bits per heavy atom. The number of para-hydroxylation sites is 1. The predicted molar refractivity (Wildman–Crippen MR) is 124 cm³/mol. The van der Waals surface area contributed by atoms with Crippen molar-refractivity contribution in [2.75, 3.05) is 37.7 Å². The van der Waals surface area contributed by atoms with Crippen LogP contribution in [0.25, 0.3) is 10.9 Å². The summed E-state index contributed by atoms with van der Waals surface area (Å²) in [5.41, 5.74) is 7.29. The first-order valence-electron chi connectivity index (χ1n) is 11.7. The van der Waals surface area contributed by atoms with Crippen molar-refractivity contribution in [1.29, 1.82) is 0 Å². The summed E-state index contributed by atoms with van der Waals surface area (Å²) in [4.78, 5) is 16.0. The summed E-state index contributed by atoms with van der Waals surface area (Å²) in [7, 11) is 0. The molecule has 0 atom stereocenters. The molecular weight excluding hydrogens is 386 g/mol. The smallest absolute Gasteiger partial charge is 0.202 e. The zero-order valence-corrected chi connectivity index (χ0v) is 18.0. The zero-order valence-electron chi connectivity index (χ0n) is 18.0. The van der Waals surface area contributed by atoms with Gasteiger partial charge in [-0.1, -0.05) is 24.3 Å². The van der Waals surface area contributed by atoms with Gasteiger partial charge in [0.2, 0.25) is 5.78 Å². The van der Waals surface area contributed by atoms with E-state index in [0.29, 0.717) is 0 Å². The molecule has 5 heteroatoms. The number of Topliss-reactive ketones (excluding diaryl/α,β-unsaturated/α-hetero) is 1. The van der Waals surface area contributed by atoms with E-state index in [4.69, 9.17) is 4.74 Å². The summed E-state index contributed by atoms with van der Waals surface area (Å²) in [6.07, 6.45) is 5.45. The van der Waals surface area contributed by atoms with E-state index in [-0.39, 0.29) is 12.4 Å². The number of hydrogen-bond acceptors (Lipinski definition) is 4. The fraction of sp³-hybridized carbons (Fsp3) is 0.423. The van der Waals surface area contributed by atoms with E-state index in [1.54, 1.807) is 0 Å². The van der Waals surface area contributed by atoms with E-state index < -0.39 is 0 Å². The monoisotopic (exact) mass is 415 g/mol. The van der Waals surface area contributed by atoms with E-state index in [1.165, 1.54) is 23.2 Å². The fourth-order valence-corrected chi connectivity index (χ4v) is 5.80. The van der Waals surface area contributed by atoms with Crippen molar-refractivity contribution >= 4 is 22.4 Å². The number of nitrogens with zero attached hydrogens (tertiary/aromatic N) is 2. The third-order valence-electron chi connectivity index (χ3n) is 7.14. The van der Waals surface area contributed by atoms with Crippen molar-refractivity contribution in [3.05, 3.63) is 58.8 Å². The molecule has 1 N–H and O–H groups in total. The van der Waals surface area contributed by atoms with Crippen LogP contribution in [0.5, 0.6) is 5.75 Å². The average molecular weight is 416 g/mol. The summed E-state index contributed by atoms with van der Waals surface area (Å²) >= 11 is 0. The van der Waals surface area contributed by atoms with Gasteiger partial charge in [0, 0.05) is 67.0 Å². The number of aromatic nitrogens is 1. The van der Waals surface area contributed by atoms with Gasteiger partial charge in [0.15, 0.2) is 6.61 Å². The number of ketones is 1. The first kappa shape index (κ1) is 18.9. The van der Waals surface area contributed by atoms with E-state index >= 15 is 0 Å². The summed E-state index contributed by atoms with van der Waals surface area (Å²) in [6, 6.07) is 12.6. The number of benzene rings is 2. The molecule has 3 aromatic rings. The number of nitrogens with one attached hydrogen (secondary N) is 1. The lowest BCUT2D eigenvalue weighted by atomic mass is 9.91. The summed E-state index contributed by atoms with van der Waals surface area (Å²) in [5, 5.41) is 4.52. The Morgan fingerprint density at radius 1 is 0.968 bits per heavy atom. The number of aryl methyl sites for hydroxylation is 1. The van der Waals surface area contributed by atoms with Gasteiger partial charge in [0.1, 0.15) is 5.75 Å². The molecule has 31 heavy (non-hydrogen) atoms. The molecule has 4 heterocycles. The van der Waals surface area contributed by atoms with Gasteiger partial charge in [-0.2, -0.15) is 0 Å². The van der Waals surface area contributed by atoms with Crippen LogP contribution >= 0.6 is 0 Å². The largest absolute Gasteiger partial charge is 0.485 e. The molecule has 0 spiro atoms. The Bertz CT molecular complexity index is 1160. The van der Waals surface area contributed by atoms with Gasteiger partial charge in [-0.15, -0.1) is 0 Å². The summed E-state index contributed by atoms with van der Waals surface area (Å²) in [6.45, 7) is 5.11. The first-order valence-corrected chi connectivity index (χ1v) is 11.7. The van der Waals surface area contributed by atoms with Gasteiger partial charge in [0.25, 0.3) is 0 Å². The fourth-order valence-electron chi connectivity index (χ4n) is 5.80. The van der Waals surface area contributed by atoms with Gasteiger partial charge in [0.05, 0.1) is 5.56 Å². The summed E-state index contributed by atoms with van der Waals surface area (Å²) in [5.74, 6) is 0.986. The van der Waals surface area contributed by atoms with Crippen LogP contribution in [0.4, 0.5) is 5.69 Å². The van der Waals surface area contributed by atoms with Crippen molar-refractivity contribution in [3.63, 3.8) is 0 Å². The van der Waals surface area contributed by atoms with Crippen molar-refractivity contribution in [3.8, 4) is 5.75 Å². The van der Waals surface area contributed by atoms with Gasteiger partial charge in [-0.05, 0) is 43.4 Å². The van der Waals surface area contributed by atoms with Crippen LogP contribution in [0.15, 0.2) is 36.4 Å². The maximum Gasteiger partial charge on any atom is 0.202 e. The molecule has 5 nitrogen and oxygen atoms in total. The predicted octanol–water partition coefficient (Wildman–Crippen LogP) is 3.75. The normalized spacial score (nSPS) is 17.7. The third kappa shape index (κ3) is 3.14. The number of fused-ring (bicyclic) bond motifs is 3. The molecule has 0 unspecified atom stereocenters. The lowest BCUT2D eigenvalue weighted by molar-refractivity contribution is 0.0921. The molecule has 1 aromatic heterocycles. The average Bonchev–Trinajstić information content (AvgIpc) is 2.94. The number of rotatable bonds is 4. The molecule has 0 amide bonds. The second-order valence-corrected chi connectivity index (χ2v) is 8.95. The van der Waals surface area contributed by atoms with Crippen LogP contribution in [0.3, 0.4) is 0 Å². The summed E-state index contributed by atoms with van der Waals surface area (Å²) < 4.78 is 8.55. The molecule has 6 rings (SSSR count).